The maximum absolute atomic E-state index is 11.8. The molecule has 0 aromatic heterocycles. The molecule has 1 unspecified atom stereocenters. The first-order valence-electron chi connectivity index (χ1n) is 7.14. The minimum absolute atomic E-state index is 0.0404. The Bertz CT molecular complexity index is 310. The first kappa shape index (κ1) is 17.9. The molecule has 1 atom stereocenters. The number of rotatable bonds is 10. The Balaban J connectivity index is 4.13. The van der Waals surface area contributed by atoms with Crippen LogP contribution in [0.1, 0.15) is 65.7 Å². The summed E-state index contributed by atoms with van der Waals surface area (Å²) in [5.74, 6) is 0. The van der Waals surface area contributed by atoms with Crippen molar-refractivity contribution in [2.75, 3.05) is 13.3 Å². The maximum atomic E-state index is 11.8. The lowest BCUT2D eigenvalue weighted by molar-refractivity contribution is 0.395. The van der Waals surface area contributed by atoms with Crippen molar-refractivity contribution in [3.8, 4) is 0 Å². The molecule has 0 aliphatic heterocycles. The molecule has 3 nitrogen and oxygen atoms in total. The third-order valence-electron chi connectivity index (χ3n) is 3.99. The SMILES string of the molecule is CCCCCCCCC(NC)C(C)(C)S(C)(=O)=O. The van der Waals surface area contributed by atoms with Crippen LogP contribution in [-0.2, 0) is 9.84 Å². The number of hydrogen-bond acceptors (Lipinski definition) is 3. The monoisotopic (exact) mass is 277 g/mol. The highest BCUT2D eigenvalue weighted by molar-refractivity contribution is 7.92. The van der Waals surface area contributed by atoms with Gasteiger partial charge in [0.15, 0.2) is 9.84 Å². The summed E-state index contributed by atoms with van der Waals surface area (Å²) in [6.07, 6.45) is 9.72. The first-order valence-corrected chi connectivity index (χ1v) is 9.03. The Morgan fingerprint density at radius 1 is 1.06 bits per heavy atom. The minimum atomic E-state index is -3.03. The summed E-state index contributed by atoms with van der Waals surface area (Å²) < 4.78 is 22.9. The van der Waals surface area contributed by atoms with Crippen molar-refractivity contribution in [1.82, 2.24) is 5.32 Å². The highest BCUT2D eigenvalue weighted by atomic mass is 32.2. The minimum Gasteiger partial charge on any atom is -0.315 e. The molecular formula is C14H31NO2S. The molecule has 110 valence electrons. The summed E-state index contributed by atoms with van der Waals surface area (Å²) in [6.45, 7) is 5.85. The van der Waals surface area contributed by atoms with Crippen LogP contribution in [0.4, 0.5) is 0 Å². The highest BCUT2D eigenvalue weighted by Gasteiger charge is 2.37. The van der Waals surface area contributed by atoms with Gasteiger partial charge in [-0.15, -0.1) is 0 Å². The van der Waals surface area contributed by atoms with Crippen LogP contribution in [0.5, 0.6) is 0 Å². The van der Waals surface area contributed by atoms with Crippen LogP contribution >= 0.6 is 0 Å². The van der Waals surface area contributed by atoms with Gasteiger partial charge in [0.2, 0.25) is 0 Å². The zero-order valence-corrected chi connectivity index (χ0v) is 13.6. The average molecular weight is 277 g/mol. The molecule has 0 radical (unpaired) electrons. The lowest BCUT2D eigenvalue weighted by atomic mass is 9.96. The van der Waals surface area contributed by atoms with E-state index in [9.17, 15) is 8.42 Å². The average Bonchev–Trinajstić information content (AvgIpc) is 2.26. The fraction of sp³-hybridized carbons (Fsp3) is 1.00. The molecule has 0 saturated heterocycles. The lowest BCUT2D eigenvalue weighted by Gasteiger charge is -2.32. The smallest absolute Gasteiger partial charge is 0.154 e. The fourth-order valence-corrected chi connectivity index (χ4v) is 2.98. The number of hydrogen-bond donors (Lipinski definition) is 1. The second-order valence-electron chi connectivity index (χ2n) is 5.77. The van der Waals surface area contributed by atoms with E-state index in [4.69, 9.17) is 0 Å². The van der Waals surface area contributed by atoms with Crippen molar-refractivity contribution in [3.05, 3.63) is 0 Å². The molecule has 0 saturated carbocycles. The van der Waals surface area contributed by atoms with Crippen molar-refractivity contribution < 1.29 is 8.42 Å². The zero-order valence-electron chi connectivity index (χ0n) is 12.8. The molecule has 0 rings (SSSR count). The molecule has 0 fully saturated rings. The largest absolute Gasteiger partial charge is 0.315 e. The Morgan fingerprint density at radius 3 is 2.00 bits per heavy atom. The molecule has 0 amide bonds. The molecule has 4 heteroatoms. The van der Waals surface area contributed by atoms with E-state index in [0.29, 0.717) is 0 Å². The van der Waals surface area contributed by atoms with E-state index in [1.54, 1.807) is 0 Å². The van der Waals surface area contributed by atoms with E-state index in [1.807, 2.05) is 20.9 Å². The normalized spacial score (nSPS) is 14.7. The summed E-state index contributed by atoms with van der Waals surface area (Å²) in [5, 5.41) is 3.17. The molecule has 0 aromatic rings. The van der Waals surface area contributed by atoms with Crippen LogP contribution in [-0.4, -0.2) is 32.5 Å². The second kappa shape index (κ2) is 8.16. The van der Waals surface area contributed by atoms with Crippen molar-refractivity contribution in [2.24, 2.45) is 0 Å². The molecule has 0 bridgehead atoms. The molecule has 0 aliphatic rings. The zero-order chi connectivity index (χ0) is 14.2. The van der Waals surface area contributed by atoms with E-state index >= 15 is 0 Å². The predicted octanol–water partition coefficient (Wildman–Crippen LogP) is 3.15. The van der Waals surface area contributed by atoms with E-state index in [2.05, 4.69) is 12.2 Å². The van der Waals surface area contributed by atoms with Gasteiger partial charge in [0.05, 0.1) is 4.75 Å². The summed E-state index contributed by atoms with van der Waals surface area (Å²) in [7, 11) is -1.17. The van der Waals surface area contributed by atoms with Gasteiger partial charge in [-0.1, -0.05) is 45.4 Å². The van der Waals surface area contributed by atoms with Crippen LogP contribution in [0, 0.1) is 0 Å². The molecule has 0 heterocycles. The predicted molar refractivity (Wildman–Crippen MR) is 79.8 cm³/mol. The summed E-state index contributed by atoms with van der Waals surface area (Å²) in [6, 6.07) is 0.0404. The van der Waals surface area contributed by atoms with Crippen molar-refractivity contribution in [3.63, 3.8) is 0 Å². The van der Waals surface area contributed by atoms with Gasteiger partial charge in [0.25, 0.3) is 0 Å². The quantitative estimate of drug-likeness (QED) is 0.624. The fourth-order valence-electron chi connectivity index (χ4n) is 2.23. The van der Waals surface area contributed by atoms with Gasteiger partial charge >= 0.3 is 0 Å². The van der Waals surface area contributed by atoms with Crippen LogP contribution in [0.3, 0.4) is 0 Å². The molecule has 18 heavy (non-hydrogen) atoms. The van der Waals surface area contributed by atoms with E-state index < -0.39 is 14.6 Å². The first-order chi connectivity index (χ1) is 8.27. The molecule has 0 spiro atoms. The van der Waals surface area contributed by atoms with Gasteiger partial charge < -0.3 is 5.32 Å². The van der Waals surface area contributed by atoms with Gasteiger partial charge in [-0.2, -0.15) is 0 Å². The van der Waals surface area contributed by atoms with Crippen molar-refractivity contribution in [2.45, 2.75) is 76.5 Å². The summed E-state index contributed by atoms with van der Waals surface area (Å²) >= 11 is 0. The molecule has 1 N–H and O–H groups in total. The Labute approximate surface area is 114 Å². The Hall–Kier alpha value is -0.0900. The van der Waals surface area contributed by atoms with Crippen LogP contribution in [0.25, 0.3) is 0 Å². The molecule has 0 aromatic carbocycles. The number of sulfone groups is 1. The topological polar surface area (TPSA) is 46.2 Å². The standard InChI is InChI=1S/C14H31NO2S/c1-6-7-8-9-10-11-12-13(15-4)14(2,3)18(5,16)17/h13,15H,6-12H2,1-5H3. The summed E-state index contributed by atoms with van der Waals surface area (Å²) in [4.78, 5) is 0. The summed E-state index contributed by atoms with van der Waals surface area (Å²) in [5.41, 5.74) is 0. The van der Waals surface area contributed by atoms with Crippen LogP contribution in [0.2, 0.25) is 0 Å². The second-order valence-corrected chi connectivity index (χ2v) is 8.37. The van der Waals surface area contributed by atoms with E-state index in [-0.39, 0.29) is 6.04 Å². The van der Waals surface area contributed by atoms with E-state index in [1.165, 1.54) is 38.4 Å². The number of unbranched alkanes of at least 4 members (excludes halogenated alkanes) is 5. The third kappa shape index (κ3) is 5.70. The van der Waals surface area contributed by atoms with Gasteiger partial charge in [0.1, 0.15) is 0 Å². The van der Waals surface area contributed by atoms with E-state index in [0.717, 1.165) is 12.8 Å². The van der Waals surface area contributed by atoms with Crippen molar-refractivity contribution >= 4 is 9.84 Å². The molecular weight excluding hydrogens is 246 g/mol. The van der Waals surface area contributed by atoms with Gasteiger partial charge in [-0.25, -0.2) is 8.42 Å². The van der Waals surface area contributed by atoms with Gasteiger partial charge in [0, 0.05) is 12.3 Å². The van der Waals surface area contributed by atoms with Crippen LogP contribution in [0.15, 0.2) is 0 Å². The number of nitrogens with one attached hydrogen (secondary N) is 1. The third-order valence-corrected chi connectivity index (χ3v) is 6.19. The van der Waals surface area contributed by atoms with Crippen molar-refractivity contribution in [1.29, 1.82) is 0 Å². The van der Waals surface area contributed by atoms with Gasteiger partial charge in [-0.05, 0) is 27.3 Å². The Morgan fingerprint density at radius 2 is 1.56 bits per heavy atom. The lowest BCUT2D eigenvalue weighted by Crippen LogP contribution is -2.50. The highest BCUT2D eigenvalue weighted by Crippen LogP contribution is 2.24. The Kier molecular flexibility index (Phi) is 8.11. The molecule has 0 aliphatic carbocycles. The van der Waals surface area contributed by atoms with Crippen LogP contribution < -0.4 is 5.32 Å². The maximum Gasteiger partial charge on any atom is 0.154 e. The van der Waals surface area contributed by atoms with Gasteiger partial charge in [-0.3, -0.25) is 0 Å².